The van der Waals surface area contributed by atoms with Crippen molar-refractivity contribution in [2.45, 2.75) is 42.1 Å². The molecule has 2 atom stereocenters. The van der Waals surface area contributed by atoms with E-state index in [1.807, 2.05) is 0 Å². The topological polar surface area (TPSA) is 95.0 Å². The van der Waals surface area contributed by atoms with Gasteiger partial charge in [-0.1, -0.05) is 47.5 Å². The van der Waals surface area contributed by atoms with Gasteiger partial charge in [-0.05, 0) is 60.6 Å². The van der Waals surface area contributed by atoms with Crippen LogP contribution in [0, 0.1) is 5.92 Å². The molecule has 44 heavy (non-hydrogen) atoms. The Hall–Kier alpha value is -2.48. The van der Waals surface area contributed by atoms with Crippen molar-refractivity contribution in [1.29, 1.82) is 0 Å². The van der Waals surface area contributed by atoms with Crippen molar-refractivity contribution in [3.05, 3.63) is 82.1 Å². The number of ketones is 1. The smallest absolute Gasteiger partial charge is 0.387 e. The van der Waals surface area contributed by atoms with Gasteiger partial charge in [0.1, 0.15) is 12.0 Å². The molecule has 1 saturated carbocycles. The molecule has 1 aliphatic carbocycles. The molecule has 1 aliphatic heterocycles. The predicted octanol–water partition coefficient (Wildman–Crippen LogP) is 6.45. The zero-order chi connectivity index (χ0) is 31.3. The highest BCUT2D eigenvalue weighted by molar-refractivity contribution is 8.02. The van der Waals surface area contributed by atoms with Crippen LogP contribution in [0.1, 0.15) is 29.9 Å². The Kier molecular flexibility index (Phi) is 11.0. The number of Topliss-reactive ketones (excluding diaryl/α,β-unsaturated/α-hetero) is 1. The van der Waals surface area contributed by atoms with E-state index >= 15 is 0 Å². The van der Waals surface area contributed by atoms with Crippen molar-refractivity contribution < 1.29 is 36.2 Å². The van der Waals surface area contributed by atoms with Crippen molar-refractivity contribution in [2.75, 3.05) is 32.1 Å². The van der Waals surface area contributed by atoms with E-state index in [1.165, 1.54) is 46.7 Å². The molecule has 0 amide bonds. The standard InChI is InChI=1S/C30H30Cl2F2N2O6S2/c31-24-14-35-15-25(32)23(24)12-21(20-8-9-27(42-30(33)34)28(13-20)41-16-19-6-7-19)17-40-18-26(37)29-36(10-11-43-29)44(38,39)22-4-2-1-3-5-22/h1-5,8-9,13-15,19,21,29-30H,6-7,10-12,16-18H2/t21-,29+/m1/s1. The van der Waals surface area contributed by atoms with Gasteiger partial charge < -0.3 is 14.2 Å². The number of hydrogen-bond acceptors (Lipinski definition) is 8. The molecule has 8 nitrogen and oxygen atoms in total. The zero-order valence-corrected chi connectivity index (χ0v) is 26.6. The fourth-order valence-corrected chi connectivity index (χ4v) is 8.47. The van der Waals surface area contributed by atoms with E-state index in [-0.39, 0.29) is 48.4 Å². The molecule has 2 aromatic carbocycles. The first-order valence-electron chi connectivity index (χ1n) is 13.9. The Morgan fingerprint density at radius 3 is 2.48 bits per heavy atom. The molecular weight excluding hydrogens is 657 g/mol. The monoisotopic (exact) mass is 686 g/mol. The maximum Gasteiger partial charge on any atom is 0.387 e. The molecule has 0 bridgehead atoms. The number of alkyl halides is 2. The highest BCUT2D eigenvalue weighted by atomic mass is 35.5. The van der Waals surface area contributed by atoms with E-state index in [0.29, 0.717) is 39.4 Å². The van der Waals surface area contributed by atoms with Crippen LogP contribution in [0.15, 0.2) is 65.8 Å². The average molecular weight is 688 g/mol. The maximum absolute atomic E-state index is 13.3. The van der Waals surface area contributed by atoms with Gasteiger partial charge in [0.05, 0.1) is 28.2 Å². The third kappa shape index (κ3) is 8.21. The third-order valence-corrected chi connectivity index (χ3v) is 11.2. The second-order valence-electron chi connectivity index (χ2n) is 10.5. The van der Waals surface area contributed by atoms with Crippen LogP contribution < -0.4 is 9.47 Å². The summed E-state index contributed by atoms with van der Waals surface area (Å²) in [5, 5.41) is -0.243. The van der Waals surface area contributed by atoms with Crippen molar-refractivity contribution >= 4 is 50.8 Å². The lowest BCUT2D eigenvalue weighted by molar-refractivity contribution is -0.124. The second kappa shape index (κ2) is 14.7. The number of rotatable bonds is 15. The van der Waals surface area contributed by atoms with Crippen LogP contribution in [-0.4, -0.2) is 67.6 Å². The Morgan fingerprint density at radius 1 is 1.07 bits per heavy atom. The molecule has 0 radical (unpaired) electrons. The number of pyridine rings is 1. The maximum atomic E-state index is 13.3. The number of thioether (sulfide) groups is 1. The van der Waals surface area contributed by atoms with Gasteiger partial charge in [-0.25, -0.2) is 8.42 Å². The highest BCUT2D eigenvalue weighted by Gasteiger charge is 2.40. The lowest BCUT2D eigenvalue weighted by Crippen LogP contribution is -2.41. The summed E-state index contributed by atoms with van der Waals surface area (Å²) in [5.74, 6) is 0.102. The molecule has 0 unspecified atom stereocenters. The predicted molar refractivity (Wildman–Crippen MR) is 164 cm³/mol. The summed E-state index contributed by atoms with van der Waals surface area (Å²) in [6.07, 6.45) is 5.23. The van der Waals surface area contributed by atoms with E-state index in [0.717, 1.165) is 12.8 Å². The second-order valence-corrected chi connectivity index (χ2v) is 14.3. The summed E-state index contributed by atoms with van der Waals surface area (Å²) in [6.45, 7) is -2.77. The molecule has 14 heteroatoms. The summed E-state index contributed by atoms with van der Waals surface area (Å²) >= 11 is 14.1. The van der Waals surface area contributed by atoms with Gasteiger partial charge in [-0.15, -0.1) is 11.8 Å². The van der Waals surface area contributed by atoms with Crippen LogP contribution >= 0.6 is 35.0 Å². The first-order valence-corrected chi connectivity index (χ1v) is 17.2. The fraction of sp³-hybridized carbons (Fsp3) is 0.400. The van der Waals surface area contributed by atoms with E-state index in [9.17, 15) is 22.0 Å². The minimum Gasteiger partial charge on any atom is -0.489 e. The van der Waals surface area contributed by atoms with Gasteiger partial charge >= 0.3 is 6.61 Å². The summed E-state index contributed by atoms with van der Waals surface area (Å²) < 4.78 is 70.3. The molecule has 1 saturated heterocycles. The van der Waals surface area contributed by atoms with E-state index in [1.54, 1.807) is 30.3 Å². The Morgan fingerprint density at radius 2 is 1.80 bits per heavy atom. The average Bonchev–Trinajstić information content (AvgIpc) is 3.69. The lowest BCUT2D eigenvalue weighted by Gasteiger charge is -2.23. The van der Waals surface area contributed by atoms with Crippen LogP contribution in [0.25, 0.3) is 0 Å². The molecule has 2 heterocycles. The Bertz CT molecular complexity index is 1540. The number of hydrogen-bond donors (Lipinski definition) is 0. The van der Waals surface area contributed by atoms with Gasteiger partial charge in [0, 0.05) is 30.6 Å². The quantitative estimate of drug-likeness (QED) is 0.180. The van der Waals surface area contributed by atoms with Gasteiger partial charge in [-0.2, -0.15) is 13.1 Å². The van der Waals surface area contributed by atoms with Crippen molar-refractivity contribution in [3.63, 3.8) is 0 Å². The number of aromatic nitrogens is 1. The molecule has 1 aromatic heterocycles. The Balaban J connectivity index is 1.34. The molecule has 3 aromatic rings. The number of carbonyl (C=O) groups excluding carboxylic acids is 1. The number of sulfonamides is 1. The summed E-state index contributed by atoms with van der Waals surface area (Å²) in [6, 6.07) is 12.6. The largest absolute Gasteiger partial charge is 0.489 e. The van der Waals surface area contributed by atoms with Crippen LogP contribution in [-0.2, 0) is 26.0 Å². The van der Waals surface area contributed by atoms with E-state index in [4.69, 9.17) is 32.7 Å². The number of nitrogens with zero attached hydrogens (tertiary/aromatic N) is 2. The van der Waals surface area contributed by atoms with Crippen LogP contribution in [0.4, 0.5) is 8.78 Å². The summed E-state index contributed by atoms with van der Waals surface area (Å²) in [7, 11) is -3.87. The fourth-order valence-electron chi connectivity index (χ4n) is 4.78. The lowest BCUT2D eigenvalue weighted by atomic mass is 9.92. The summed E-state index contributed by atoms with van der Waals surface area (Å²) in [5.41, 5.74) is 1.26. The third-order valence-electron chi connectivity index (χ3n) is 7.27. The van der Waals surface area contributed by atoms with E-state index in [2.05, 4.69) is 9.72 Å². The zero-order valence-electron chi connectivity index (χ0n) is 23.4. The minimum atomic E-state index is -3.87. The van der Waals surface area contributed by atoms with Gasteiger partial charge in [0.25, 0.3) is 0 Å². The van der Waals surface area contributed by atoms with Crippen molar-refractivity contribution in [2.24, 2.45) is 5.92 Å². The molecule has 0 N–H and O–H groups in total. The number of benzene rings is 2. The first-order chi connectivity index (χ1) is 21.1. The highest BCUT2D eigenvalue weighted by Crippen LogP contribution is 2.38. The van der Waals surface area contributed by atoms with Crippen LogP contribution in [0.2, 0.25) is 10.0 Å². The van der Waals surface area contributed by atoms with Crippen LogP contribution in [0.3, 0.4) is 0 Å². The van der Waals surface area contributed by atoms with Crippen molar-refractivity contribution in [1.82, 2.24) is 9.29 Å². The molecular formula is C30H30Cl2F2N2O6S2. The van der Waals surface area contributed by atoms with Crippen LogP contribution in [0.5, 0.6) is 11.5 Å². The normalized spacial score (nSPS) is 18.0. The van der Waals surface area contributed by atoms with Gasteiger partial charge in [0.2, 0.25) is 10.0 Å². The molecule has 2 aliphatic rings. The molecule has 236 valence electrons. The number of halogens is 4. The molecule has 0 spiro atoms. The van der Waals surface area contributed by atoms with Gasteiger partial charge in [-0.3, -0.25) is 9.78 Å². The minimum absolute atomic E-state index is 0.0145. The number of carbonyl (C=O) groups is 1. The summed E-state index contributed by atoms with van der Waals surface area (Å²) in [4.78, 5) is 17.4. The SMILES string of the molecule is O=C(COC[C@@H](Cc1c(Cl)cncc1Cl)c1ccc(OC(F)F)c(OCC2CC2)c1)[C@@H]1SCCN1S(=O)(=O)c1ccccc1. The first kappa shape index (κ1) is 32.9. The molecule has 5 rings (SSSR count). The van der Waals surface area contributed by atoms with Crippen molar-refractivity contribution in [3.8, 4) is 11.5 Å². The van der Waals surface area contributed by atoms with E-state index < -0.39 is 27.9 Å². The number of ether oxygens (including phenoxy) is 3. The van der Waals surface area contributed by atoms with Gasteiger partial charge in [0.15, 0.2) is 17.3 Å². The Labute approximate surface area is 269 Å². The molecule has 2 fully saturated rings.